The third kappa shape index (κ3) is 4.92. The average Bonchev–Trinajstić information content (AvgIpc) is 3.54. The van der Waals surface area contributed by atoms with Gasteiger partial charge in [0, 0.05) is 25.4 Å². The predicted molar refractivity (Wildman–Crippen MR) is 144 cm³/mol. The van der Waals surface area contributed by atoms with Crippen LogP contribution in [0.15, 0.2) is 43.5 Å². The fourth-order valence-corrected chi connectivity index (χ4v) is 6.52. The van der Waals surface area contributed by atoms with Gasteiger partial charge in [-0.25, -0.2) is 0 Å². The molecular weight excluding hydrogens is 484 g/mol. The molecule has 2 bridgehead atoms. The molecule has 4 rings (SSSR count). The number of esters is 1. The van der Waals surface area contributed by atoms with Crippen LogP contribution in [0.1, 0.15) is 49.7 Å². The summed E-state index contributed by atoms with van der Waals surface area (Å²) in [6, 6.07) is 5.12. The van der Waals surface area contributed by atoms with Crippen molar-refractivity contribution in [3.63, 3.8) is 0 Å². The van der Waals surface area contributed by atoms with Gasteiger partial charge < -0.3 is 24.4 Å². The summed E-state index contributed by atoms with van der Waals surface area (Å²) < 4.78 is 11.9. The molecule has 3 aliphatic rings. The number of unbranched alkanes of at least 4 members (excludes halogenated alkanes) is 3. The number of ether oxygens (including phenoxy) is 2. The quantitative estimate of drug-likeness (QED) is 0.241. The number of carbonyl (C=O) groups excluding carboxylic acids is 3. The zero-order valence-electron chi connectivity index (χ0n) is 22.6. The third-order valence-electron chi connectivity index (χ3n) is 8.19. The minimum absolute atomic E-state index is 0.0621. The third-order valence-corrected chi connectivity index (χ3v) is 8.19. The van der Waals surface area contributed by atoms with Gasteiger partial charge in [-0.2, -0.15) is 0 Å². The monoisotopic (exact) mass is 524 g/mol. The lowest BCUT2D eigenvalue weighted by atomic mass is 9.70. The molecule has 206 valence electrons. The molecule has 2 unspecified atom stereocenters. The summed E-state index contributed by atoms with van der Waals surface area (Å²) in [7, 11) is 0. The molecule has 2 amide bonds. The minimum Gasteiger partial charge on any atom is -0.461 e. The van der Waals surface area contributed by atoms with E-state index >= 15 is 0 Å². The Morgan fingerprint density at radius 1 is 1.21 bits per heavy atom. The van der Waals surface area contributed by atoms with Crippen molar-refractivity contribution in [1.29, 1.82) is 0 Å². The molecule has 1 N–H and O–H groups in total. The Labute approximate surface area is 225 Å². The van der Waals surface area contributed by atoms with Crippen molar-refractivity contribution in [1.82, 2.24) is 4.90 Å². The number of anilines is 1. The Balaban J connectivity index is 1.72. The Kier molecular flexibility index (Phi) is 8.73. The van der Waals surface area contributed by atoms with E-state index in [1.54, 1.807) is 15.9 Å². The number of fused-ring (bicyclic) bond motifs is 1. The van der Waals surface area contributed by atoms with Crippen molar-refractivity contribution in [3.05, 3.63) is 54.6 Å². The Bertz CT molecular complexity index is 1090. The van der Waals surface area contributed by atoms with Crippen LogP contribution in [0, 0.1) is 25.7 Å². The van der Waals surface area contributed by atoms with Crippen molar-refractivity contribution >= 4 is 23.5 Å². The fraction of sp³-hybridized carbons (Fsp3) is 0.567. The van der Waals surface area contributed by atoms with Gasteiger partial charge in [0.15, 0.2) is 0 Å². The van der Waals surface area contributed by atoms with Crippen LogP contribution in [-0.2, 0) is 23.9 Å². The van der Waals surface area contributed by atoms with Gasteiger partial charge in [0.05, 0.1) is 17.9 Å². The maximum atomic E-state index is 14.5. The van der Waals surface area contributed by atoms with E-state index in [4.69, 9.17) is 14.6 Å². The van der Waals surface area contributed by atoms with Gasteiger partial charge in [-0.1, -0.05) is 43.7 Å². The second kappa shape index (κ2) is 11.8. The SMILES string of the molecule is C=CCOC(=O)[C@@H]1[C@H]2C(=O)N(CCCCCCO)C(C(=O)N(CC=C)c3cc(C)ccc3C)C23CC[C@H]1O3. The lowest BCUT2D eigenvalue weighted by Crippen LogP contribution is -2.56. The second-order valence-electron chi connectivity index (χ2n) is 10.7. The molecule has 3 aliphatic heterocycles. The number of hydrogen-bond donors (Lipinski definition) is 1. The summed E-state index contributed by atoms with van der Waals surface area (Å²) in [6.45, 7) is 12.3. The molecule has 0 saturated carbocycles. The van der Waals surface area contributed by atoms with E-state index in [-0.39, 0.29) is 31.6 Å². The van der Waals surface area contributed by atoms with Crippen molar-refractivity contribution in [3.8, 4) is 0 Å². The zero-order chi connectivity index (χ0) is 27.4. The van der Waals surface area contributed by atoms with Gasteiger partial charge in [-0.05, 0) is 56.7 Å². The first-order chi connectivity index (χ1) is 18.3. The van der Waals surface area contributed by atoms with Gasteiger partial charge in [0.1, 0.15) is 18.2 Å². The molecule has 0 radical (unpaired) electrons. The van der Waals surface area contributed by atoms with Crippen molar-refractivity contribution in [2.45, 2.75) is 70.1 Å². The molecule has 3 heterocycles. The topological polar surface area (TPSA) is 96.4 Å². The summed E-state index contributed by atoms with van der Waals surface area (Å²) in [5.74, 6) is -2.39. The van der Waals surface area contributed by atoms with E-state index in [0.29, 0.717) is 32.2 Å². The van der Waals surface area contributed by atoms with E-state index in [2.05, 4.69) is 13.2 Å². The molecule has 38 heavy (non-hydrogen) atoms. The normalized spacial score (nSPS) is 27.3. The van der Waals surface area contributed by atoms with Gasteiger partial charge in [0.25, 0.3) is 5.91 Å². The lowest BCUT2D eigenvalue weighted by Gasteiger charge is -2.37. The highest BCUT2D eigenvalue weighted by Gasteiger charge is 2.75. The van der Waals surface area contributed by atoms with Gasteiger partial charge in [-0.3, -0.25) is 14.4 Å². The maximum Gasteiger partial charge on any atom is 0.312 e. The summed E-state index contributed by atoms with van der Waals surface area (Å²) in [5.41, 5.74) is 1.68. The molecule has 8 nitrogen and oxygen atoms in total. The highest BCUT2D eigenvalue weighted by Crippen LogP contribution is 2.59. The van der Waals surface area contributed by atoms with Crippen molar-refractivity contribution < 1.29 is 29.0 Å². The smallest absolute Gasteiger partial charge is 0.312 e. The highest BCUT2D eigenvalue weighted by molar-refractivity contribution is 6.05. The minimum atomic E-state index is -1.07. The molecule has 1 aromatic carbocycles. The van der Waals surface area contributed by atoms with Crippen molar-refractivity contribution in [2.24, 2.45) is 11.8 Å². The van der Waals surface area contributed by atoms with Crippen LogP contribution in [0.5, 0.6) is 0 Å². The van der Waals surface area contributed by atoms with Crippen LogP contribution < -0.4 is 4.90 Å². The van der Waals surface area contributed by atoms with Gasteiger partial charge >= 0.3 is 5.97 Å². The van der Waals surface area contributed by atoms with Gasteiger partial charge in [0.2, 0.25) is 5.91 Å². The van der Waals surface area contributed by atoms with Crippen molar-refractivity contribution in [2.75, 3.05) is 31.2 Å². The molecule has 5 atom stereocenters. The van der Waals surface area contributed by atoms with E-state index in [1.165, 1.54) is 6.08 Å². The largest absolute Gasteiger partial charge is 0.461 e. The molecule has 0 aliphatic carbocycles. The summed E-state index contributed by atoms with van der Waals surface area (Å²) in [6.07, 6.45) is 6.92. The number of amides is 2. The standard InChI is InChI=1S/C30H40N2O6/c1-5-15-31(22-19-20(3)11-12-21(22)4)28(35)26-30-14-13-23(38-30)24(29(36)37-18-6-2)25(30)27(34)32(26)16-9-7-8-10-17-33/h5-6,11-12,19,23-26,33H,1-2,7-10,13-18H2,3-4H3/t23-,24+,25+,26?,30?/m1/s1. The Morgan fingerprint density at radius 3 is 2.68 bits per heavy atom. The van der Waals surface area contributed by atoms with Crippen LogP contribution in [0.3, 0.4) is 0 Å². The van der Waals surface area contributed by atoms with Gasteiger partial charge in [-0.15, -0.1) is 6.58 Å². The molecule has 1 aromatic rings. The number of likely N-dealkylation sites (tertiary alicyclic amines) is 1. The number of aryl methyl sites for hydroxylation is 2. The number of nitrogens with zero attached hydrogens (tertiary/aromatic N) is 2. The molecule has 0 aromatic heterocycles. The number of hydrogen-bond acceptors (Lipinski definition) is 6. The van der Waals surface area contributed by atoms with E-state index in [1.807, 2.05) is 32.0 Å². The zero-order valence-corrected chi connectivity index (χ0v) is 22.6. The Hall–Kier alpha value is -2.97. The summed E-state index contributed by atoms with van der Waals surface area (Å²) >= 11 is 0. The predicted octanol–water partition coefficient (Wildman–Crippen LogP) is 3.48. The van der Waals surface area contributed by atoms with Crippen LogP contribution >= 0.6 is 0 Å². The number of carbonyl (C=O) groups is 3. The summed E-state index contributed by atoms with van der Waals surface area (Å²) in [4.78, 5) is 45.0. The van der Waals surface area contributed by atoms with Crippen LogP contribution in [0.25, 0.3) is 0 Å². The first-order valence-electron chi connectivity index (χ1n) is 13.7. The molecule has 1 spiro atoms. The molecule has 8 heteroatoms. The molecular formula is C30H40N2O6. The Morgan fingerprint density at radius 2 is 1.97 bits per heavy atom. The maximum absolute atomic E-state index is 14.5. The number of benzene rings is 1. The number of rotatable bonds is 13. The van der Waals surface area contributed by atoms with E-state index in [0.717, 1.165) is 29.7 Å². The van der Waals surface area contributed by atoms with Crippen LogP contribution in [-0.4, -0.2) is 71.8 Å². The van der Waals surface area contributed by atoms with Crippen LogP contribution in [0.4, 0.5) is 5.69 Å². The van der Waals surface area contributed by atoms with E-state index in [9.17, 15) is 14.4 Å². The number of aliphatic hydroxyl groups is 1. The molecule has 3 saturated heterocycles. The van der Waals surface area contributed by atoms with Crippen LogP contribution in [0.2, 0.25) is 0 Å². The highest BCUT2D eigenvalue weighted by atomic mass is 16.6. The second-order valence-corrected chi connectivity index (χ2v) is 10.7. The lowest BCUT2D eigenvalue weighted by molar-refractivity contribution is -0.154. The average molecular weight is 525 g/mol. The van der Waals surface area contributed by atoms with E-state index < -0.39 is 35.6 Å². The fourth-order valence-electron chi connectivity index (χ4n) is 6.52. The number of aliphatic hydroxyl groups excluding tert-OH is 1. The molecule has 3 fully saturated rings. The first-order valence-corrected chi connectivity index (χ1v) is 13.7. The first kappa shape index (κ1) is 28.0. The summed E-state index contributed by atoms with van der Waals surface area (Å²) in [5, 5.41) is 9.13.